The van der Waals surface area contributed by atoms with Crippen LogP contribution in [0.15, 0.2) is 36.7 Å². The van der Waals surface area contributed by atoms with Crippen molar-refractivity contribution in [1.29, 1.82) is 0 Å². The van der Waals surface area contributed by atoms with Crippen LogP contribution in [0.1, 0.15) is 54.3 Å². The van der Waals surface area contributed by atoms with E-state index in [4.69, 9.17) is 0 Å². The Bertz CT molecular complexity index is 898. The Balaban J connectivity index is 1.15. The molecule has 2 unspecified atom stereocenters. The molecule has 2 saturated heterocycles. The first-order valence-corrected chi connectivity index (χ1v) is 11.9. The van der Waals surface area contributed by atoms with Crippen LogP contribution < -0.4 is 5.32 Å². The highest BCUT2D eigenvalue weighted by Crippen LogP contribution is 2.32. The standard InChI is InChI=1S/C24H32N6O2/c31-23(18-8-4-5-9-18)27-21(17-6-2-1-3-7-17)10-11-29-12-19-14-30(15-20(19)13-29)24(32)22-25-16-26-28-22/h1-3,6-7,16,18-21H,4-5,8-15H2,(H,27,31)(H,25,26,28)/t19-,20?,21?/m0/s1. The largest absolute Gasteiger partial charge is 0.349 e. The molecule has 3 fully saturated rings. The number of hydrogen-bond donors (Lipinski definition) is 2. The fourth-order valence-electron chi connectivity index (χ4n) is 5.69. The van der Waals surface area contributed by atoms with Gasteiger partial charge < -0.3 is 15.1 Å². The second-order valence-corrected chi connectivity index (χ2v) is 9.57. The lowest BCUT2D eigenvalue weighted by Gasteiger charge is -2.25. The zero-order valence-corrected chi connectivity index (χ0v) is 18.4. The highest BCUT2D eigenvalue weighted by Gasteiger charge is 2.42. The predicted molar refractivity (Wildman–Crippen MR) is 120 cm³/mol. The highest BCUT2D eigenvalue weighted by molar-refractivity contribution is 5.90. The van der Waals surface area contributed by atoms with E-state index in [-0.39, 0.29) is 23.8 Å². The Labute approximate surface area is 188 Å². The molecule has 1 aromatic heterocycles. The summed E-state index contributed by atoms with van der Waals surface area (Å²) in [4.78, 5) is 33.8. The van der Waals surface area contributed by atoms with Crippen molar-refractivity contribution >= 4 is 11.8 Å². The van der Waals surface area contributed by atoms with Gasteiger partial charge in [0.2, 0.25) is 11.7 Å². The lowest BCUT2D eigenvalue weighted by atomic mass is 10.0. The first kappa shape index (κ1) is 21.1. The van der Waals surface area contributed by atoms with Crippen molar-refractivity contribution in [3.8, 4) is 0 Å². The van der Waals surface area contributed by atoms with E-state index in [0.717, 1.165) is 52.0 Å². The number of carbonyl (C=O) groups excluding carboxylic acids is 2. The molecule has 3 heterocycles. The van der Waals surface area contributed by atoms with Gasteiger partial charge in [0.05, 0.1) is 6.04 Å². The van der Waals surface area contributed by atoms with E-state index in [0.29, 0.717) is 17.7 Å². The summed E-state index contributed by atoms with van der Waals surface area (Å²) >= 11 is 0. The van der Waals surface area contributed by atoms with Gasteiger partial charge >= 0.3 is 0 Å². The number of aromatic amines is 1. The van der Waals surface area contributed by atoms with Crippen LogP contribution in [-0.4, -0.2) is 69.5 Å². The van der Waals surface area contributed by atoms with Crippen LogP contribution in [0.4, 0.5) is 0 Å². The van der Waals surface area contributed by atoms with Gasteiger partial charge in [0.1, 0.15) is 6.33 Å². The highest BCUT2D eigenvalue weighted by atomic mass is 16.2. The Morgan fingerprint density at radius 1 is 1.06 bits per heavy atom. The fourth-order valence-corrected chi connectivity index (χ4v) is 5.69. The van der Waals surface area contributed by atoms with Crippen molar-refractivity contribution in [3.63, 3.8) is 0 Å². The summed E-state index contributed by atoms with van der Waals surface area (Å²) in [5.74, 6) is 1.68. The summed E-state index contributed by atoms with van der Waals surface area (Å²) in [6.07, 6.45) is 6.66. The second-order valence-electron chi connectivity index (χ2n) is 9.57. The van der Waals surface area contributed by atoms with Crippen molar-refractivity contribution in [2.24, 2.45) is 17.8 Å². The molecule has 2 N–H and O–H groups in total. The summed E-state index contributed by atoms with van der Waals surface area (Å²) in [6.45, 7) is 4.52. The maximum absolute atomic E-state index is 12.8. The number of carbonyl (C=O) groups is 2. The smallest absolute Gasteiger partial charge is 0.291 e. The quantitative estimate of drug-likeness (QED) is 0.694. The summed E-state index contributed by atoms with van der Waals surface area (Å²) in [5, 5.41) is 9.82. The third-order valence-corrected chi connectivity index (χ3v) is 7.45. The number of fused-ring (bicyclic) bond motifs is 1. The van der Waals surface area contributed by atoms with Gasteiger partial charge in [0.15, 0.2) is 0 Å². The summed E-state index contributed by atoms with van der Waals surface area (Å²) in [7, 11) is 0. The van der Waals surface area contributed by atoms with E-state index in [1.807, 2.05) is 23.1 Å². The minimum Gasteiger partial charge on any atom is -0.349 e. The van der Waals surface area contributed by atoms with E-state index in [2.05, 4.69) is 37.5 Å². The van der Waals surface area contributed by atoms with Crippen molar-refractivity contribution in [2.45, 2.75) is 38.1 Å². The second kappa shape index (κ2) is 9.40. The molecule has 2 amide bonds. The number of rotatable bonds is 7. The number of hydrogen-bond acceptors (Lipinski definition) is 5. The molecule has 3 aliphatic rings. The molecule has 8 nitrogen and oxygen atoms in total. The zero-order valence-electron chi connectivity index (χ0n) is 18.4. The van der Waals surface area contributed by atoms with Crippen LogP contribution >= 0.6 is 0 Å². The first-order chi connectivity index (χ1) is 15.7. The molecule has 3 atom stereocenters. The number of likely N-dealkylation sites (tertiary alicyclic amines) is 2. The van der Waals surface area contributed by atoms with Crippen molar-refractivity contribution in [2.75, 3.05) is 32.7 Å². The van der Waals surface area contributed by atoms with E-state index in [9.17, 15) is 9.59 Å². The van der Waals surface area contributed by atoms with Crippen LogP contribution in [0.5, 0.6) is 0 Å². The zero-order chi connectivity index (χ0) is 21.9. The van der Waals surface area contributed by atoms with Gasteiger partial charge in [-0.1, -0.05) is 43.2 Å². The van der Waals surface area contributed by atoms with Crippen LogP contribution in [0.2, 0.25) is 0 Å². The molecule has 2 aliphatic heterocycles. The molecule has 1 aromatic carbocycles. The molecule has 170 valence electrons. The van der Waals surface area contributed by atoms with Gasteiger partial charge in [0, 0.05) is 38.6 Å². The monoisotopic (exact) mass is 436 g/mol. The lowest BCUT2D eigenvalue weighted by Crippen LogP contribution is -2.36. The average Bonchev–Trinajstić information content (AvgIpc) is 3.60. The van der Waals surface area contributed by atoms with Crippen molar-refractivity contribution in [3.05, 3.63) is 48.0 Å². The van der Waals surface area contributed by atoms with E-state index < -0.39 is 0 Å². The molecule has 2 aromatic rings. The molecular weight excluding hydrogens is 404 g/mol. The SMILES string of the molecule is O=C(NC(CCN1CC2CN(C(=O)c3ncn[nH]3)C[C@@H]2C1)c1ccccc1)C1CCCC1. The summed E-state index contributed by atoms with van der Waals surface area (Å²) < 4.78 is 0. The number of nitrogens with one attached hydrogen (secondary N) is 2. The van der Waals surface area contributed by atoms with Crippen LogP contribution in [-0.2, 0) is 4.79 Å². The topological polar surface area (TPSA) is 94.2 Å². The molecule has 5 rings (SSSR count). The molecule has 1 saturated carbocycles. The van der Waals surface area contributed by atoms with Gasteiger partial charge in [0.25, 0.3) is 5.91 Å². The lowest BCUT2D eigenvalue weighted by molar-refractivity contribution is -0.125. The Morgan fingerprint density at radius 3 is 2.44 bits per heavy atom. The molecule has 0 radical (unpaired) electrons. The van der Waals surface area contributed by atoms with Crippen LogP contribution in [0, 0.1) is 17.8 Å². The van der Waals surface area contributed by atoms with E-state index >= 15 is 0 Å². The minimum atomic E-state index is -0.0535. The fraction of sp³-hybridized carbons (Fsp3) is 0.583. The number of amides is 2. The average molecular weight is 437 g/mol. The Morgan fingerprint density at radius 2 is 1.78 bits per heavy atom. The normalized spacial score (nSPS) is 24.6. The molecule has 0 spiro atoms. The summed E-state index contributed by atoms with van der Waals surface area (Å²) in [5.41, 5.74) is 1.18. The minimum absolute atomic E-state index is 0.0502. The van der Waals surface area contributed by atoms with Gasteiger partial charge in [-0.25, -0.2) is 4.98 Å². The third kappa shape index (κ3) is 4.55. The van der Waals surface area contributed by atoms with Gasteiger partial charge in [-0.05, 0) is 36.7 Å². The third-order valence-electron chi connectivity index (χ3n) is 7.45. The van der Waals surface area contributed by atoms with Crippen molar-refractivity contribution < 1.29 is 9.59 Å². The molecule has 1 aliphatic carbocycles. The first-order valence-electron chi connectivity index (χ1n) is 11.9. The van der Waals surface area contributed by atoms with E-state index in [1.54, 1.807) is 0 Å². The molecular formula is C24H32N6O2. The molecule has 8 heteroatoms. The number of benzene rings is 1. The number of aromatic nitrogens is 3. The number of H-pyrrole nitrogens is 1. The van der Waals surface area contributed by atoms with Gasteiger partial charge in [-0.2, -0.15) is 5.10 Å². The van der Waals surface area contributed by atoms with Gasteiger partial charge in [-0.3, -0.25) is 14.7 Å². The summed E-state index contributed by atoms with van der Waals surface area (Å²) in [6, 6.07) is 10.4. The number of nitrogens with zero attached hydrogens (tertiary/aromatic N) is 4. The Kier molecular flexibility index (Phi) is 6.21. The van der Waals surface area contributed by atoms with E-state index in [1.165, 1.54) is 24.7 Å². The van der Waals surface area contributed by atoms with Crippen molar-refractivity contribution in [1.82, 2.24) is 30.3 Å². The maximum Gasteiger partial charge on any atom is 0.291 e. The van der Waals surface area contributed by atoms with Crippen LogP contribution in [0.25, 0.3) is 0 Å². The molecule has 0 bridgehead atoms. The van der Waals surface area contributed by atoms with Crippen LogP contribution in [0.3, 0.4) is 0 Å². The van der Waals surface area contributed by atoms with Gasteiger partial charge in [-0.15, -0.1) is 0 Å². The maximum atomic E-state index is 12.8. The predicted octanol–water partition coefficient (Wildman–Crippen LogP) is 2.25. The Hall–Kier alpha value is -2.74. The molecule has 32 heavy (non-hydrogen) atoms.